The molecule has 1 aromatic heterocycles. The summed E-state index contributed by atoms with van der Waals surface area (Å²) < 4.78 is 34.3. The minimum Gasteiger partial charge on any atom is -0.341 e. The predicted octanol–water partition coefficient (Wildman–Crippen LogP) is 0.524. The number of likely N-dealkylation sites (tertiary alicyclic amines) is 1. The molecule has 0 aromatic carbocycles. The van der Waals surface area contributed by atoms with Crippen LogP contribution in [0, 0.1) is 0 Å². The number of pyridine rings is 1. The van der Waals surface area contributed by atoms with Crippen LogP contribution in [0.3, 0.4) is 0 Å². The molecular formula is C11H13FN2O3S. The number of carbonyl (C=O) groups excluding carboxylic acids is 1. The first-order valence-corrected chi connectivity index (χ1v) is 7.01. The average molecular weight is 272 g/mol. The molecule has 1 unspecified atom stereocenters. The molecule has 0 spiro atoms. The van der Waals surface area contributed by atoms with Gasteiger partial charge in [-0.05, 0) is 24.1 Å². The summed E-state index contributed by atoms with van der Waals surface area (Å²) in [6.07, 6.45) is 3.65. The van der Waals surface area contributed by atoms with Crippen molar-refractivity contribution in [3.63, 3.8) is 0 Å². The van der Waals surface area contributed by atoms with E-state index in [9.17, 15) is 17.1 Å². The molecule has 1 fully saturated rings. The minimum atomic E-state index is -4.62. The van der Waals surface area contributed by atoms with Crippen LogP contribution in [0.5, 0.6) is 0 Å². The fourth-order valence-corrected chi connectivity index (χ4v) is 2.65. The molecule has 1 aliphatic heterocycles. The molecule has 0 aliphatic carbocycles. The summed E-state index contributed by atoms with van der Waals surface area (Å²) in [5.41, 5.74) is 1.00. The number of hydrogen-bond donors (Lipinski definition) is 0. The molecule has 2 rings (SSSR count). The molecule has 1 amide bonds. The first-order chi connectivity index (χ1) is 8.47. The molecule has 7 heteroatoms. The van der Waals surface area contributed by atoms with Crippen LogP contribution < -0.4 is 0 Å². The summed E-state index contributed by atoms with van der Waals surface area (Å²) in [5.74, 6) is -0.310. The summed E-state index contributed by atoms with van der Waals surface area (Å²) in [4.78, 5) is 16.8. The van der Waals surface area contributed by atoms with Gasteiger partial charge in [0.25, 0.3) is 0 Å². The van der Waals surface area contributed by atoms with E-state index in [0.29, 0.717) is 13.0 Å². The zero-order chi connectivity index (χ0) is 13.2. The number of aromatic nitrogens is 1. The van der Waals surface area contributed by atoms with Crippen molar-refractivity contribution in [1.29, 1.82) is 0 Å². The highest BCUT2D eigenvalue weighted by Crippen LogP contribution is 2.19. The average Bonchev–Trinajstić information content (AvgIpc) is 2.69. The number of halogens is 1. The second kappa shape index (κ2) is 5.01. The van der Waals surface area contributed by atoms with Crippen LogP contribution in [0.2, 0.25) is 0 Å². The van der Waals surface area contributed by atoms with Gasteiger partial charge in [0, 0.05) is 31.9 Å². The van der Waals surface area contributed by atoms with E-state index in [4.69, 9.17) is 0 Å². The predicted molar refractivity (Wildman–Crippen MR) is 63.0 cm³/mol. The summed E-state index contributed by atoms with van der Waals surface area (Å²) in [6.45, 7) is 0.345. The standard InChI is InChI=1S/C11H13FN2O3S/c12-18(16,17)10-7-11(15)14(8-10)6-3-9-1-4-13-5-2-9/h1-2,4-5,10H,3,6-8H2. The van der Waals surface area contributed by atoms with Gasteiger partial charge in [-0.3, -0.25) is 9.78 Å². The minimum absolute atomic E-state index is 0.0528. The molecule has 0 bridgehead atoms. The Balaban J connectivity index is 1.94. The number of amides is 1. The highest BCUT2D eigenvalue weighted by molar-refractivity contribution is 7.87. The largest absolute Gasteiger partial charge is 0.341 e. The van der Waals surface area contributed by atoms with Gasteiger partial charge in [-0.15, -0.1) is 3.89 Å². The lowest BCUT2D eigenvalue weighted by molar-refractivity contribution is -0.127. The van der Waals surface area contributed by atoms with Gasteiger partial charge in [0.15, 0.2) is 0 Å². The maximum Gasteiger partial charge on any atom is 0.307 e. The van der Waals surface area contributed by atoms with E-state index in [-0.39, 0.29) is 18.9 Å². The Bertz CT molecular complexity index is 532. The van der Waals surface area contributed by atoms with Crippen LogP contribution in [0.15, 0.2) is 24.5 Å². The Morgan fingerprint density at radius 2 is 2.06 bits per heavy atom. The number of rotatable bonds is 4. The van der Waals surface area contributed by atoms with Crippen LogP contribution in [0.25, 0.3) is 0 Å². The summed E-state index contributed by atoms with van der Waals surface area (Å²) in [5, 5.41) is -1.21. The van der Waals surface area contributed by atoms with Gasteiger partial charge < -0.3 is 4.90 Å². The fourth-order valence-electron chi connectivity index (χ4n) is 1.95. The highest BCUT2D eigenvalue weighted by atomic mass is 32.3. The van der Waals surface area contributed by atoms with Gasteiger partial charge >= 0.3 is 10.2 Å². The monoisotopic (exact) mass is 272 g/mol. The van der Waals surface area contributed by atoms with E-state index < -0.39 is 15.5 Å². The molecule has 2 heterocycles. The van der Waals surface area contributed by atoms with E-state index in [1.807, 2.05) is 12.1 Å². The molecule has 98 valence electrons. The third-order valence-corrected chi connectivity index (χ3v) is 4.11. The molecule has 1 aromatic rings. The van der Waals surface area contributed by atoms with E-state index in [2.05, 4.69) is 4.98 Å². The molecule has 1 saturated heterocycles. The van der Waals surface area contributed by atoms with Gasteiger partial charge in [-0.25, -0.2) is 0 Å². The molecule has 1 atom stereocenters. The lowest BCUT2D eigenvalue weighted by atomic mass is 10.2. The zero-order valence-electron chi connectivity index (χ0n) is 9.62. The lowest BCUT2D eigenvalue weighted by Gasteiger charge is -2.15. The number of hydrogen-bond acceptors (Lipinski definition) is 4. The maximum atomic E-state index is 12.8. The van der Waals surface area contributed by atoms with Crippen molar-refractivity contribution < 1.29 is 17.1 Å². The Morgan fingerprint density at radius 1 is 1.39 bits per heavy atom. The summed E-state index contributed by atoms with van der Waals surface area (Å²) in [7, 11) is -4.62. The van der Waals surface area contributed by atoms with Crippen LogP contribution >= 0.6 is 0 Å². The molecule has 0 saturated carbocycles. The SMILES string of the molecule is O=C1CC(S(=O)(=O)F)CN1CCc1ccncc1. The molecule has 0 radical (unpaired) electrons. The van der Waals surface area contributed by atoms with Crippen molar-refractivity contribution >= 4 is 16.1 Å². The molecule has 0 N–H and O–H groups in total. The number of carbonyl (C=O) groups is 1. The van der Waals surface area contributed by atoms with Crippen LogP contribution in [0.1, 0.15) is 12.0 Å². The van der Waals surface area contributed by atoms with E-state index in [1.165, 1.54) is 4.90 Å². The second-order valence-electron chi connectivity index (χ2n) is 4.25. The van der Waals surface area contributed by atoms with Crippen LogP contribution in [-0.4, -0.2) is 42.5 Å². The molecule has 1 aliphatic rings. The van der Waals surface area contributed by atoms with Gasteiger partial charge in [0.2, 0.25) is 5.91 Å². The van der Waals surface area contributed by atoms with Gasteiger partial charge in [-0.2, -0.15) is 8.42 Å². The Kier molecular flexibility index (Phi) is 3.60. The third kappa shape index (κ3) is 3.04. The van der Waals surface area contributed by atoms with Crippen molar-refractivity contribution in [3.05, 3.63) is 30.1 Å². The smallest absolute Gasteiger partial charge is 0.307 e. The van der Waals surface area contributed by atoms with Crippen molar-refractivity contribution in [2.45, 2.75) is 18.1 Å². The second-order valence-corrected chi connectivity index (χ2v) is 5.86. The lowest BCUT2D eigenvalue weighted by Crippen LogP contribution is -2.29. The molecular weight excluding hydrogens is 259 g/mol. The van der Waals surface area contributed by atoms with Crippen molar-refractivity contribution in [2.24, 2.45) is 0 Å². The molecule has 18 heavy (non-hydrogen) atoms. The first-order valence-electron chi connectivity index (χ1n) is 5.57. The Hall–Kier alpha value is -1.50. The van der Waals surface area contributed by atoms with E-state index >= 15 is 0 Å². The van der Waals surface area contributed by atoms with Gasteiger partial charge in [-0.1, -0.05) is 0 Å². The summed E-state index contributed by atoms with van der Waals surface area (Å²) in [6, 6.07) is 3.65. The maximum absolute atomic E-state index is 12.8. The van der Waals surface area contributed by atoms with E-state index in [1.54, 1.807) is 12.4 Å². The van der Waals surface area contributed by atoms with Crippen LogP contribution in [-0.2, 0) is 21.4 Å². The Labute approximate surface area is 105 Å². The Morgan fingerprint density at radius 3 is 2.61 bits per heavy atom. The van der Waals surface area contributed by atoms with Gasteiger partial charge in [0.1, 0.15) is 5.25 Å². The quantitative estimate of drug-likeness (QED) is 0.750. The zero-order valence-corrected chi connectivity index (χ0v) is 10.4. The van der Waals surface area contributed by atoms with Gasteiger partial charge in [0.05, 0.1) is 0 Å². The number of nitrogens with zero attached hydrogens (tertiary/aromatic N) is 2. The first kappa shape index (κ1) is 12.9. The van der Waals surface area contributed by atoms with Crippen molar-refractivity contribution in [1.82, 2.24) is 9.88 Å². The topological polar surface area (TPSA) is 67.3 Å². The third-order valence-electron chi connectivity index (χ3n) is 3.00. The fraction of sp³-hybridized carbons (Fsp3) is 0.455. The highest BCUT2D eigenvalue weighted by Gasteiger charge is 2.37. The van der Waals surface area contributed by atoms with E-state index in [0.717, 1.165) is 5.56 Å². The van der Waals surface area contributed by atoms with Crippen molar-refractivity contribution in [3.8, 4) is 0 Å². The normalized spacial score (nSPS) is 20.4. The van der Waals surface area contributed by atoms with Crippen molar-refractivity contribution in [2.75, 3.05) is 13.1 Å². The van der Waals surface area contributed by atoms with Crippen LogP contribution in [0.4, 0.5) is 3.89 Å². The molecule has 5 nitrogen and oxygen atoms in total. The summed E-state index contributed by atoms with van der Waals surface area (Å²) >= 11 is 0.